The van der Waals surface area contributed by atoms with E-state index in [2.05, 4.69) is 39.2 Å². The van der Waals surface area contributed by atoms with Crippen LogP contribution >= 0.6 is 0 Å². The molecule has 4 aromatic rings. The average molecular weight is 439 g/mol. The molecule has 5 rings (SSSR count). The van der Waals surface area contributed by atoms with Gasteiger partial charge in [0.05, 0.1) is 23.2 Å². The lowest BCUT2D eigenvalue weighted by molar-refractivity contribution is 0.134. The Labute approximate surface area is 192 Å². The predicted octanol–water partition coefficient (Wildman–Crippen LogP) is 4.58. The Kier molecular flexibility index (Phi) is 5.71. The Morgan fingerprint density at radius 2 is 2.12 bits per heavy atom. The van der Waals surface area contributed by atoms with Crippen LogP contribution in [0.1, 0.15) is 24.6 Å². The molecule has 1 fully saturated rings. The van der Waals surface area contributed by atoms with Gasteiger partial charge in [-0.05, 0) is 63.4 Å². The standard InChI is InChI=1S/C26H26N6O/c1-17-7-9-22-21(5-4-6-25(22)31-17)23-15-30-32-16-19(13-29-26(23)32)24(27-3)10-8-18(2)33-20-11-12-28-14-20/h4-10,13,15-16,20,28H,3,11-12,14H2,1-2H3/b18-8+,24-10-/t20-/m0/s1. The minimum atomic E-state index is 0.225. The van der Waals surface area contributed by atoms with Gasteiger partial charge in [0.15, 0.2) is 5.65 Å². The lowest BCUT2D eigenvalue weighted by Crippen LogP contribution is -2.15. The lowest BCUT2D eigenvalue weighted by Gasteiger charge is -2.12. The number of aromatic nitrogens is 4. The number of hydrogen-bond donors (Lipinski definition) is 1. The molecule has 1 aliphatic heterocycles. The minimum absolute atomic E-state index is 0.225. The van der Waals surface area contributed by atoms with E-state index >= 15 is 0 Å². The number of benzene rings is 1. The molecule has 1 saturated heterocycles. The molecule has 4 heterocycles. The average Bonchev–Trinajstić information content (AvgIpc) is 3.48. The van der Waals surface area contributed by atoms with Gasteiger partial charge in [0, 0.05) is 41.1 Å². The summed E-state index contributed by atoms with van der Waals surface area (Å²) in [7, 11) is 0. The third kappa shape index (κ3) is 4.27. The first kappa shape index (κ1) is 21.0. The van der Waals surface area contributed by atoms with E-state index in [-0.39, 0.29) is 6.10 Å². The molecular weight excluding hydrogens is 412 g/mol. The molecule has 7 nitrogen and oxygen atoms in total. The number of nitrogens with zero attached hydrogens (tertiary/aromatic N) is 5. The first-order valence-electron chi connectivity index (χ1n) is 11.1. The quantitative estimate of drug-likeness (QED) is 0.271. The Morgan fingerprint density at radius 3 is 2.94 bits per heavy atom. The highest BCUT2D eigenvalue weighted by molar-refractivity contribution is 5.98. The number of aliphatic imine (C=N–C) groups is 1. The monoisotopic (exact) mass is 438 g/mol. The maximum atomic E-state index is 5.96. The van der Waals surface area contributed by atoms with Gasteiger partial charge in [0.1, 0.15) is 6.10 Å². The molecule has 1 atom stereocenters. The van der Waals surface area contributed by atoms with Crippen molar-refractivity contribution in [3.8, 4) is 11.1 Å². The van der Waals surface area contributed by atoms with Crippen molar-refractivity contribution in [3.63, 3.8) is 0 Å². The van der Waals surface area contributed by atoms with Crippen molar-refractivity contribution in [2.45, 2.75) is 26.4 Å². The fraction of sp³-hybridized carbons (Fsp3) is 0.231. The van der Waals surface area contributed by atoms with Gasteiger partial charge in [-0.15, -0.1) is 0 Å². The second kappa shape index (κ2) is 8.96. The van der Waals surface area contributed by atoms with Crippen LogP contribution in [-0.4, -0.2) is 45.5 Å². The van der Waals surface area contributed by atoms with E-state index in [4.69, 9.17) is 9.72 Å². The largest absolute Gasteiger partial charge is 0.494 e. The highest BCUT2D eigenvalue weighted by Gasteiger charge is 2.15. The van der Waals surface area contributed by atoms with Gasteiger partial charge in [-0.2, -0.15) is 5.10 Å². The summed E-state index contributed by atoms with van der Waals surface area (Å²) < 4.78 is 7.74. The van der Waals surface area contributed by atoms with Crippen LogP contribution in [-0.2, 0) is 4.74 Å². The number of hydrogen-bond acceptors (Lipinski definition) is 6. The Hall–Kier alpha value is -3.84. The van der Waals surface area contributed by atoms with Gasteiger partial charge in [-0.25, -0.2) is 9.50 Å². The molecule has 0 radical (unpaired) electrons. The molecule has 3 aromatic heterocycles. The number of rotatable bonds is 6. The Balaban J connectivity index is 1.47. The summed E-state index contributed by atoms with van der Waals surface area (Å²) in [4.78, 5) is 13.6. The van der Waals surface area contributed by atoms with Crippen LogP contribution in [0.15, 0.2) is 71.8 Å². The minimum Gasteiger partial charge on any atom is -0.494 e. The molecule has 7 heteroatoms. The summed E-state index contributed by atoms with van der Waals surface area (Å²) in [5.74, 6) is 0.847. The highest BCUT2D eigenvalue weighted by Crippen LogP contribution is 2.30. The Bertz CT molecular complexity index is 1390. The molecule has 0 spiro atoms. The van der Waals surface area contributed by atoms with E-state index in [9.17, 15) is 0 Å². The number of aryl methyl sites for hydroxylation is 1. The van der Waals surface area contributed by atoms with Gasteiger partial charge < -0.3 is 10.1 Å². The first-order valence-corrected chi connectivity index (χ1v) is 11.1. The van der Waals surface area contributed by atoms with E-state index < -0.39 is 0 Å². The molecule has 166 valence electrons. The van der Waals surface area contributed by atoms with E-state index in [1.165, 1.54) is 0 Å². The maximum Gasteiger partial charge on any atom is 0.162 e. The number of allylic oxidation sites excluding steroid dienone is 3. The van der Waals surface area contributed by atoms with E-state index in [1.807, 2.05) is 56.6 Å². The first-order chi connectivity index (χ1) is 16.1. The van der Waals surface area contributed by atoms with Crippen molar-refractivity contribution in [3.05, 3.63) is 78.1 Å². The normalized spacial score (nSPS) is 17.1. The van der Waals surface area contributed by atoms with E-state index in [0.717, 1.165) is 64.2 Å². The Morgan fingerprint density at radius 1 is 1.21 bits per heavy atom. The summed E-state index contributed by atoms with van der Waals surface area (Å²) >= 11 is 0. The number of fused-ring (bicyclic) bond motifs is 2. The second-order valence-electron chi connectivity index (χ2n) is 8.21. The number of ether oxygens (including phenoxy) is 1. The maximum absolute atomic E-state index is 5.96. The lowest BCUT2D eigenvalue weighted by atomic mass is 10.0. The SMILES string of the molecule is C=N/C(=C\C=C(/C)O[C@H]1CCNC1)c1cnc2c(-c3cccc4nc(C)ccc34)cnn2c1. The smallest absolute Gasteiger partial charge is 0.162 e. The van der Waals surface area contributed by atoms with Crippen LogP contribution in [0.3, 0.4) is 0 Å². The van der Waals surface area contributed by atoms with Crippen LogP contribution < -0.4 is 5.32 Å². The van der Waals surface area contributed by atoms with E-state index in [1.54, 1.807) is 10.7 Å². The van der Waals surface area contributed by atoms with Crippen LogP contribution in [0.2, 0.25) is 0 Å². The summed E-state index contributed by atoms with van der Waals surface area (Å²) in [6.45, 7) is 9.57. The van der Waals surface area contributed by atoms with Crippen molar-refractivity contribution in [2.75, 3.05) is 13.1 Å². The summed E-state index contributed by atoms with van der Waals surface area (Å²) in [5, 5.41) is 8.94. The zero-order valence-corrected chi connectivity index (χ0v) is 18.8. The van der Waals surface area contributed by atoms with Crippen molar-refractivity contribution >= 4 is 29.0 Å². The molecule has 0 aliphatic carbocycles. The molecule has 0 amide bonds. The van der Waals surface area contributed by atoms with Gasteiger partial charge in [-0.1, -0.05) is 18.2 Å². The van der Waals surface area contributed by atoms with Gasteiger partial charge >= 0.3 is 0 Å². The fourth-order valence-electron chi connectivity index (χ4n) is 4.16. The number of pyridine rings is 1. The van der Waals surface area contributed by atoms with Crippen molar-refractivity contribution < 1.29 is 4.74 Å². The van der Waals surface area contributed by atoms with Crippen LogP contribution in [0.25, 0.3) is 33.4 Å². The zero-order valence-electron chi connectivity index (χ0n) is 18.8. The van der Waals surface area contributed by atoms with Crippen LogP contribution in [0.5, 0.6) is 0 Å². The fourth-order valence-corrected chi connectivity index (χ4v) is 4.16. The topological polar surface area (TPSA) is 76.7 Å². The summed E-state index contributed by atoms with van der Waals surface area (Å²) in [6.07, 6.45) is 10.6. The third-order valence-electron chi connectivity index (χ3n) is 5.83. The third-order valence-corrected chi connectivity index (χ3v) is 5.83. The molecule has 1 aromatic carbocycles. The van der Waals surface area contributed by atoms with Crippen molar-refractivity contribution in [1.29, 1.82) is 0 Å². The van der Waals surface area contributed by atoms with Gasteiger partial charge in [0.2, 0.25) is 0 Å². The zero-order chi connectivity index (χ0) is 22.8. The molecule has 1 N–H and O–H groups in total. The van der Waals surface area contributed by atoms with Gasteiger partial charge in [0.25, 0.3) is 0 Å². The molecule has 0 saturated carbocycles. The van der Waals surface area contributed by atoms with E-state index in [0.29, 0.717) is 5.70 Å². The predicted molar refractivity (Wildman–Crippen MR) is 132 cm³/mol. The molecular formula is C26H26N6O. The molecule has 0 unspecified atom stereocenters. The van der Waals surface area contributed by atoms with Gasteiger partial charge in [-0.3, -0.25) is 9.98 Å². The van der Waals surface area contributed by atoms with Crippen molar-refractivity contribution in [2.24, 2.45) is 4.99 Å². The van der Waals surface area contributed by atoms with Crippen LogP contribution in [0.4, 0.5) is 0 Å². The van der Waals surface area contributed by atoms with Crippen LogP contribution in [0, 0.1) is 6.92 Å². The van der Waals surface area contributed by atoms with Crippen molar-refractivity contribution in [1.82, 2.24) is 24.9 Å². The molecule has 1 aliphatic rings. The highest BCUT2D eigenvalue weighted by atomic mass is 16.5. The summed E-state index contributed by atoms with van der Waals surface area (Å²) in [5.41, 5.74) is 6.29. The molecule has 33 heavy (non-hydrogen) atoms. The molecule has 0 bridgehead atoms. The summed E-state index contributed by atoms with van der Waals surface area (Å²) in [6, 6.07) is 10.3. The number of nitrogens with one attached hydrogen (secondary N) is 1. The second-order valence-corrected chi connectivity index (χ2v) is 8.21.